The van der Waals surface area contributed by atoms with Crippen LogP contribution in [0.5, 0.6) is 0 Å². The van der Waals surface area contributed by atoms with Gasteiger partial charge in [0.15, 0.2) is 0 Å². The van der Waals surface area contributed by atoms with Crippen LogP contribution in [0.4, 0.5) is 5.69 Å². The lowest BCUT2D eigenvalue weighted by Crippen LogP contribution is -2.35. The number of amides is 1. The smallest absolute Gasteiger partial charge is 0.226 e. The van der Waals surface area contributed by atoms with E-state index in [1.807, 2.05) is 29.4 Å². The average Bonchev–Trinajstić information content (AvgIpc) is 3.11. The van der Waals surface area contributed by atoms with E-state index in [4.69, 9.17) is 4.52 Å². The lowest BCUT2D eigenvalue weighted by molar-refractivity contribution is -0.131. The minimum absolute atomic E-state index is 0.192. The van der Waals surface area contributed by atoms with Gasteiger partial charge in [-0.3, -0.25) is 14.8 Å². The minimum atomic E-state index is 0.192. The first-order valence-corrected chi connectivity index (χ1v) is 10.4. The summed E-state index contributed by atoms with van der Waals surface area (Å²) >= 11 is 0. The van der Waals surface area contributed by atoms with Gasteiger partial charge >= 0.3 is 0 Å². The molecule has 0 aromatic carbocycles. The molecule has 30 heavy (non-hydrogen) atoms. The molecule has 1 saturated heterocycles. The largest absolute Gasteiger partial charge is 0.369 e. The van der Waals surface area contributed by atoms with Crippen molar-refractivity contribution in [3.8, 4) is 11.4 Å². The van der Waals surface area contributed by atoms with E-state index in [-0.39, 0.29) is 5.91 Å². The van der Waals surface area contributed by atoms with Gasteiger partial charge in [0.1, 0.15) is 0 Å². The first kappa shape index (κ1) is 20.0. The van der Waals surface area contributed by atoms with Crippen LogP contribution in [0.1, 0.15) is 30.7 Å². The number of carbonyl (C=O) groups excluding carboxylic acids is 1. The summed E-state index contributed by atoms with van der Waals surface area (Å²) in [5.41, 5.74) is 3.25. The number of nitrogens with zero attached hydrogens (tertiary/aromatic N) is 6. The highest BCUT2D eigenvalue weighted by molar-refractivity contribution is 5.76. The number of carbonyl (C=O) groups is 1. The van der Waals surface area contributed by atoms with Crippen LogP contribution in [0, 0.1) is 6.92 Å². The third-order valence-corrected chi connectivity index (χ3v) is 5.37. The second kappa shape index (κ2) is 9.47. The molecule has 8 nitrogen and oxygen atoms in total. The molecule has 0 aliphatic carbocycles. The van der Waals surface area contributed by atoms with Crippen LogP contribution in [0.25, 0.3) is 11.4 Å². The molecule has 0 bridgehead atoms. The number of aryl methyl sites for hydroxylation is 2. The molecule has 4 heterocycles. The molecular formula is C22H26N6O2. The lowest BCUT2D eigenvalue weighted by atomic mass is 10.2. The van der Waals surface area contributed by atoms with Crippen LogP contribution in [-0.2, 0) is 11.2 Å². The van der Waals surface area contributed by atoms with Gasteiger partial charge in [-0.1, -0.05) is 5.16 Å². The van der Waals surface area contributed by atoms with Crippen molar-refractivity contribution in [2.75, 3.05) is 31.1 Å². The average molecular weight is 406 g/mol. The molecule has 1 fully saturated rings. The first-order valence-electron chi connectivity index (χ1n) is 10.4. The summed E-state index contributed by atoms with van der Waals surface area (Å²) in [6.07, 6.45) is 9.85. The molecule has 0 unspecified atom stereocenters. The quantitative estimate of drug-likeness (QED) is 0.622. The topological polar surface area (TPSA) is 88.3 Å². The third kappa shape index (κ3) is 4.82. The Balaban J connectivity index is 1.26. The first-order chi connectivity index (χ1) is 14.7. The summed E-state index contributed by atoms with van der Waals surface area (Å²) in [4.78, 5) is 29.6. The molecule has 1 aliphatic heterocycles. The zero-order valence-electron chi connectivity index (χ0n) is 17.2. The zero-order chi connectivity index (χ0) is 20.8. The second-order valence-corrected chi connectivity index (χ2v) is 7.48. The predicted molar refractivity (Wildman–Crippen MR) is 113 cm³/mol. The highest BCUT2D eigenvalue weighted by atomic mass is 16.5. The van der Waals surface area contributed by atoms with Gasteiger partial charge in [-0.05, 0) is 43.5 Å². The maximum Gasteiger partial charge on any atom is 0.226 e. The van der Waals surface area contributed by atoms with E-state index in [9.17, 15) is 4.79 Å². The van der Waals surface area contributed by atoms with E-state index < -0.39 is 0 Å². The van der Waals surface area contributed by atoms with E-state index >= 15 is 0 Å². The molecule has 156 valence electrons. The van der Waals surface area contributed by atoms with Crippen molar-refractivity contribution in [1.29, 1.82) is 0 Å². The van der Waals surface area contributed by atoms with Crippen molar-refractivity contribution in [2.24, 2.45) is 0 Å². The molecule has 1 aliphatic rings. The molecule has 4 rings (SSSR count). The van der Waals surface area contributed by atoms with E-state index in [0.717, 1.165) is 38.2 Å². The number of hydrogen-bond donors (Lipinski definition) is 0. The molecule has 0 radical (unpaired) electrons. The van der Waals surface area contributed by atoms with Crippen LogP contribution < -0.4 is 4.90 Å². The Bertz CT molecular complexity index is 975. The van der Waals surface area contributed by atoms with Gasteiger partial charge < -0.3 is 14.3 Å². The van der Waals surface area contributed by atoms with Gasteiger partial charge in [0.2, 0.25) is 17.6 Å². The van der Waals surface area contributed by atoms with Crippen LogP contribution in [0.2, 0.25) is 0 Å². The Morgan fingerprint density at radius 2 is 1.90 bits per heavy atom. The molecular weight excluding hydrogens is 380 g/mol. The van der Waals surface area contributed by atoms with Crippen molar-refractivity contribution in [3.05, 3.63) is 54.4 Å². The van der Waals surface area contributed by atoms with E-state index in [2.05, 4.69) is 38.0 Å². The fraction of sp³-hybridized carbons (Fsp3) is 0.409. The van der Waals surface area contributed by atoms with Crippen LogP contribution >= 0.6 is 0 Å². The van der Waals surface area contributed by atoms with Gasteiger partial charge in [0.25, 0.3) is 0 Å². The molecule has 0 spiro atoms. The number of anilines is 1. The maximum absolute atomic E-state index is 12.7. The van der Waals surface area contributed by atoms with E-state index in [0.29, 0.717) is 31.0 Å². The predicted octanol–water partition coefficient (Wildman–Crippen LogP) is 2.90. The van der Waals surface area contributed by atoms with Crippen molar-refractivity contribution in [1.82, 2.24) is 25.0 Å². The standard InChI is InChI=1S/C22H26N6O2/c1-17-16-24-11-8-19(17)27-12-3-13-28(15-14-27)21(29)5-2-4-20-25-22(26-30-20)18-6-9-23-10-7-18/h6-11,16H,2-5,12-15H2,1H3. The summed E-state index contributed by atoms with van der Waals surface area (Å²) in [5.74, 6) is 1.31. The van der Waals surface area contributed by atoms with Crippen molar-refractivity contribution >= 4 is 11.6 Å². The summed E-state index contributed by atoms with van der Waals surface area (Å²) in [6.45, 7) is 5.41. The number of aromatic nitrogens is 4. The maximum atomic E-state index is 12.7. The van der Waals surface area contributed by atoms with E-state index in [1.165, 1.54) is 11.3 Å². The third-order valence-electron chi connectivity index (χ3n) is 5.37. The van der Waals surface area contributed by atoms with Gasteiger partial charge in [-0.25, -0.2) is 0 Å². The SMILES string of the molecule is Cc1cnccc1N1CCCN(C(=O)CCCc2nc(-c3ccncc3)no2)CC1. The van der Waals surface area contributed by atoms with Crippen molar-refractivity contribution in [3.63, 3.8) is 0 Å². The summed E-state index contributed by atoms with van der Waals surface area (Å²) in [7, 11) is 0. The van der Waals surface area contributed by atoms with Crippen LogP contribution in [0.3, 0.4) is 0 Å². The van der Waals surface area contributed by atoms with Gasteiger partial charge in [-0.2, -0.15) is 4.98 Å². The Labute approximate surface area is 175 Å². The van der Waals surface area contributed by atoms with Crippen molar-refractivity contribution < 1.29 is 9.32 Å². The van der Waals surface area contributed by atoms with Crippen LogP contribution in [-0.4, -0.2) is 57.1 Å². The zero-order valence-corrected chi connectivity index (χ0v) is 17.2. The Hall–Kier alpha value is -3.29. The molecule has 3 aromatic heterocycles. The monoisotopic (exact) mass is 406 g/mol. The van der Waals surface area contributed by atoms with E-state index in [1.54, 1.807) is 12.4 Å². The molecule has 3 aromatic rings. The lowest BCUT2D eigenvalue weighted by Gasteiger charge is -2.25. The highest BCUT2D eigenvalue weighted by Crippen LogP contribution is 2.20. The summed E-state index contributed by atoms with van der Waals surface area (Å²) in [5, 5.41) is 4.01. The molecule has 1 amide bonds. The normalized spacial score (nSPS) is 14.6. The van der Waals surface area contributed by atoms with Gasteiger partial charge in [0.05, 0.1) is 0 Å². The molecule has 0 N–H and O–H groups in total. The molecule has 0 atom stereocenters. The molecule has 8 heteroatoms. The fourth-order valence-electron chi connectivity index (χ4n) is 3.75. The number of rotatable bonds is 6. The summed E-state index contributed by atoms with van der Waals surface area (Å²) < 4.78 is 5.32. The Morgan fingerprint density at radius 3 is 2.73 bits per heavy atom. The Kier molecular flexibility index (Phi) is 6.32. The number of pyridine rings is 2. The van der Waals surface area contributed by atoms with Crippen LogP contribution in [0.15, 0.2) is 47.5 Å². The highest BCUT2D eigenvalue weighted by Gasteiger charge is 2.20. The van der Waals surface area contributed by atoms with Gasteiger partial charge in [0, 0.05) is 75.1 Å². The molecule has 0 saturated carbocycles. The summed E-state index contributed by atoms with van der Waals surface area (Å²) in [6, 6.07) is 5.74. The number of hydrogen-bond acceptors (Lipinski definition) is 7. The van der Waals surface area contributed by atoms with Crippen molar-refractivity contribution in [2.45, 2.75) is 32.6 Å². The second-order valence-electron chi connectivity index (χ2n) is 7.48. The van der Waals surface area contributed by atoms with Gasteiger partial charge in [-0.15, -0.1) is 0 Å². The Morgan fingerprint density at radius 1 is 1.07 bits per heavy atom. The minimum Gasteiger partial charge on any atom is -0.369 e. The fourth-order valence-corrected chi connectivity index (χ4v) is 3.75.